The Labute approximate surface area is 190 Å². The summed E-state index contributed by atoms with van der Waals surface area (Å²) in [4.78, 5) is 37.6. The first-order chi connectivity index (χ1) is 16.0. The number of halogens is 1. The van der Waals surface area contributed by atoms with Gasteiger partial charge in [-0.25, -0.2) is 9.37 Å². The number of aromatic nitrogens is 2. The molecule has 8 nitrogen and oxygen atoms in total. The van der Waals surface area contributed by atoms with Crippen LogP contribution in [0.2, 0.25) is 0 Å². The fraction of sp³-hybridized carbons (Fsp3) is 0.333. The fourth-order valence-corrected chi connectivity index (χ4v) is 4.38. The summed E-state index contributed by atoms with van der Waals surface area (Å²) in [5.41, 5.74) is 1.47. The Balaban J connectivity index is 1.33. The number of rotatable bonds is 5. The van der Waals surface area contributed by atoms with Gasteiger partial charge in [0.25, 0.3) is 0 Å². The summed E-state index contributed by atoms with van der Waals surface area (Å²) in [6.07, 6.45) is 1.15. The molecule has 0 aliphatic carbocycles. The van der Waals surface area contributed by atoms with Gasteiger partial charge in [0, 0.05) is 43.7 Å². The summed E-state index contributed by atoms with van der Waals surface area (Å²) in [5.74, 6) is 0.608. The van der Waals surface area contributed by atoms with E-state index in [4.69, 9.17) is 0 Å². The van der Waals surface area contributed by atoms with Crippen molar-refractivity contribution < 1.29 is 14.0 Å². The monoisotopic (exact) mass is 448 g/mol. The first-order valence-electron chi connectivity index (χ1n) is 11.1. The van der Waals surface area contributed by atoms with Gasteiger partial charge in [0.1, 0.15) is 11.6 Å². The largest absolute Gasteiger partial charge is 0.353 e. The number of fused-ring (bicyclic) bond motifs is 1. The van der Waals surface area contributed by atoms with E-state index < -0.39 is 0 Å². The van der Waals surface area contributed by atoms with Crippen LogP contribution in [0.25, 0.3) is 10.9 Å². The molecule has 0 saturated carbocycles. The van der Waals surface area contributed by atoms with E-state index in [1.165, 1.54) is 12.1 Å². The van der Waals surface area contributed by atoms with E-state index in [1.54, 1.807) is 6.07 Å². The topological polar surface area (TPSA) is 90.5 Å². The smallest absolute Gasteiger partial charge is 0.239 e. The van der Waals surface area contributed by atoms with Crippen LogP contribution in [0.3, 0.4) is 0 Å². The number of likely N-dealkylation sites (tertiary alicyclic amines) is 1. The highest BCUT2D eigenvalue weighted by Gasteiger charge is 2.27. The van der Waals surface area contributed by atoms with Crippen molar-refractivity contribution in [2.45, 2.75) is 18.9 Å². The fourth-order valence-electron chi connectivity index (χ4n) is 4.38. The number of hydrogen-bond acceptors (Lipinski definition) is 6. The minimum absolute atomic E-state index is 0.00626. The van der Waals surface area contributed by atoms with Crippen molar-refractivity contribution in [1.29, 1.82) is 0 Å². The maximum Gasteiger partial charge on any atom is 0.239 e. The molecule has 3 aromatic rings. The summed E-state index contributed by atoms with van der Waals surface area (Å²) >= 11 is 0. The second kappa shape index (κ2) is 9.01. The minimum Gasteiger partial charge on any atom is -0.353 e. The van der Waals surface area contributed by atoms with Crippen molar-refractivity contribution in [3.8, 4) is 0 Å². The Bertz CT molecular complexity index is 1190. The quantitative estimate of drug-likeness (QED) is 0.620. The van der Waals surface area contributed by atoms with Gasteiger partial charge in [-0.3, -0.25) is 9.59 Å². The molecule has 2 fully saturated rings. The standard InChI is InChI=1S/C24H25FN6O2/c25-17-6-7-19-20(13-17)28-24(29-23(19)31-11-9-26-21(32)15-31)27-18-8-10-30(14-18)22(33)12-16-4-2-1-3-5-16/h1-7,13,18H,8-12,14-15H2,(H,26,32)(H,27,28,29)/t18-/m0/s1. The number of benzene rings is 2. The zero-order valence-electron chi connectivity index (χ0n) is 18.1. The van der Waals surface area contributed by atoms with Gasteiger partial charge in [-0.2, -0.15) is 4.98 Å². The normalized spacial score (nSPS) is 18.5. The number of hydrogen-bond donors (Lipinski definition) is 2. The molecule has 9 heteroatoms. The van der Waals surface area contributed by atoms with Gasteiger partial charge in [-0.15, -0.1) is 0 Å². The summed E-state index contributed by atoms with van der Waals surface area (Å²) < 4.78 is 13.9. The Morgan fingerprint density at radius 3 is 2.82 bits per heavy atom. The molecule has 33 heavy (non-hydrogen) atoms. The Kier molecular flexibility index (Phi) is 5.77. The Hall–Kier alpha value is -3.75. The minimum atomic E-state index is -0.381. The van der Waals surface area contributed by atoms with E-state index in [0.29, 0.717) is 55.3 Å². The Morgan fingerprint density at radius 2 is 2.00 bits per heavy atom. The molecular formula is C24H25FN6O2. The predicted octanol–water partition coefficient (Wildman–Crippen LogP) is 1.96. The lowest BCUT2D eigenvalue weighted by Gasteiger charge is -2.29. The molecule has 170 valence electrons. The lowest BCUT2D eigenvalue weighted by atomic mass is 10.1. The van der Waals surface area contributed by atoms with Gasteiger partial charge in [-0.1, -0.05) is 30.3 Å². The average molecular weight is 449 g/mol. The molecule has 3 heterocycles. The van der Waals surface area contributed by atoms with Gasteiger partial charge in [0.2, 0.25) is 17.8 Å². The van der Waals surface area contributed by atoms with Crippen LogP contribution in [0.1, 0.15) is 12.0 Å². The van der Waals surface area contributed by atoms with Crippen LogP contribution in [0, 0.1) is 5.82 Å². The van der Waals surface area contributed by atoms with Crippen molar-refractivity contribution in [2.24, 2.45) is 0 Å². The molecule has 2 N–H and O–H groups in total. The first kappa shape index (κ1) is 21.1. The SMILES string of the molecule is O=C1CN(c2nc(N[C@H]3CCN(C(=O)Cc4ccccc4)C3)nc3cc(F)ccc23)CCN1. The van der Waals surface area contributed by atoms with Crippen molar-refractivity contribution in [2.75, 3.05) is 42.9 Å². The molecule has 0 bridgehead atoms. The third-order valence-corrected chi connectivity index (χ3v) is 6.05. The van der Waals surface area contributed by atoms with Crippen LogP contribution in [-0.2, 0) is 16.0 Å². The zero-order valence-corrected chi connectivity index (χ0v) is 18.1. The van der Waals surface area contributed by atoms with Gasteiger partial charge in [-0.05, 0) is 24.1 Å². The molecule has 2 aromatic carbocycles. The van der Waals surface area contributed by atoms with Crippen LogP contribution in [-0.4, -0.2) is 65.4 Å². The molecule has 2 aliphatic heterocycles. The van der Waals surface area contributed by atoms with Gasteiger partial charge in [0.05, 0.1) is 18.5 Å². The van der Waals surface area contributed by atoms with E-state index >= 15 is 0 Å². The van der Waals surface area contributed by atoms with E-state index in [-0.39, 0.29) is 30.2 Å². The van der Waals surface area contributed by atoms with E-state index in [9.17, 15) is 14.0 Å². The molecule has 1 aromatic heterocycles. The van der Waals surface area contributed by atoms with Gasteiger partial charge >= 0.3 is 0 Å². The van der Waals surface area contributed by atoms with E-state index in [0.717, 1.165) is 12.0 Å². The van der Waals surface area contributed by atoms with Gasteiger partial charge in [0.15, 0.2) is 0 Å². The molecule has 5 rings (SSSR count). The van der Waals surface area contributed by atoms with Crippen LogP contribution < -0.4 is 15.5 Å². The number of nitrogens with zero attached hydrogens (tertiary/aromatic N) is 4. The molecule has 2 saturated heterocycles. The maximum atomic E-state index is 13.9. The van der Waals surface area contributed by atoms with Crippen molar-refractivity contribution in [1.82, 2.24) is 20.2 Å². The highest BCUT2D eigenvalue weighted by Crippen LogP contribution is 2.27. The summed E-state index contributed by atoms with van der Waals surface area (Å²) in [7, 11) is 0. The van der Waals surface area contributed by atoms with E-state index in [1.807, 2.05) is 40.1 Å². The number of carbonyl (C=O) groups is 2. The predicted molar refractivity (Wildman–Crippen MR) is 123 cm³/mol. The van der Waals surface area contributed by atoms with Crippen LogP contribution in [0.15, 0.2) is 48.5 Å². The second-order valence-corrected chi connectivity index (χ2v) is 8.44. The third kappa shape index (κ3) is 4.72. The second-order valence-electron chi connectivity index (χ2n) is 8.44. The number of nitrogens with one attached hydrogen (secondary N) is 2. The lowest BCUT2D eigenvalue weighted by Crippen LogP contribution is -2.48. The highest BCUT2D eigenvalue weighted by molar-refractivity contribution is 5.93. The molecule has 0 spiro atoms. The molecule has 2 amide bonds. The average Bonchev–Trinajstić information content (AvgIpc) is 3.27. The lowest BCUT2D eigenvalue weighted by molar-refractivity contribution is -0.129. The summed E-state index contributed by atoms with van der Waals surface area (Å²) in [6.45, 7) is 2.53. The zero-order chi connectivity index (χ0) is 22.8. The maximum absolute atomic E-state index is 13.9. The van der Waals surface area contributed by atoms with Gasteiger partial charge < -0.3 is 20.4 Å². The third-order valence-electron chi connectivity index (χ3n) is 6.05. The molecule has 2 aliphatic rings. The highest BCUT2D eigenvalue weighted by atomic mass is 19.1. The van der Waals surface area contributed by atoms with Crippen molar-refractivity contribution >= 4 is 34.5 Å². The van der Waals surface area contributed by atoms with Crippen LogP contribution in [0.5, 0.6) is 0 Å². The van der Waals surface area contributed by atoms with Crippen molar-refractivity contribution in [3.63, 3.8) is 0 Å². The summed E-state index contributed by atoms with van der Waals surface area (Å²) in [5, 5.41) is 6.83. The number of amides is 2. The number of piperazine rings is 1. The van der Waals surface area contributed by atoms with Crippen LogP contribution in [0.4, 0.5) is 16.2 Å². The number of carbonyl (C=O) groups excluding carboxylic acids is 2. The molecular weight excluding hydrogens is 423 g/mol. The van der Waals surface area contributed by atoms with E-state index in [2.05, 4.69) is 20.6 Å². The van der Waals surface area contributed by atoms with Crippen LogP contribution >= 0.6 is 0 Å². The number of anilines is 2. The molecule has 0 radical (unpaired) electrons. The molecule has 0 unspecified atom stereocenters. The summed E-state index contributed by atoms with van der Waals surface area (Å²) in [6, 6.07) is 14.1. The van der Waals surface area contributed by atoms with Crippen molar-refractivity contribution in [3.05, 3.63) is 59.9 Å². The first-order valence-corrected chi connectivity index (χ1v) is 11.1. The Morgan fingerprint density at radius 1 is 1.15 bits per heavy atom. The molecule has 1 atom stereocenters.